The molecule has 2 nitrogen and oxygen atoms in total. The van der Waals surface area contributed by atoms with Gasteiger partial charge in [-0.05, 0) is 11.6 Å². The van der Waals surface area contributed by atoms with E-state index >= 15 is 0 Å². The quantitative estimate of drug-likeness (QED) is 0.475. The summed E-state index contributed by atoms with van der Waals surface area (Å²) in [4.78, 5) is 0. The van der Waals surface area contributed by atoms with E-state index in [1.807, 2.05) is 6.92 Å². The number of thiol groups is 1. The molecule has 0 aromatic rings. The van der Waals surface area contributed by atoms with Gasteiger partial charge in [-0.15, -0.1) is 0 Å². The minimum atomic E-state index is -0.109. The van der Waals surface area contributed by atoms with E-state index in [0.29, 0.717) is 5.82 Å². The lowest BCUT2D eigenvalue weighted by molar-refractivity contribution is 0.270. The van der Waals surface area contributed by atoms with Crippen LogP contribution in [0.4, 0.5) is 0 Å². The van der Waals surface area contributed by atoms with Crippen LogP contribution in [0.5, 0.6) is 0 Å². The van der Waals surface area contributed by atoms with Crippen molar-refractivity contribution in [3.05, 3.63) is 0 Å². The molecule has 1 atom stereocenters. The lowest BCUT2D eigenvalue weighted by atomic mass is 9.74. The number of hydrogen-bond acceptors (Lipinski definition) is 3. The maximum atomic E-state index is 4.98. The highest BCUT2D eigenvalue weighted by Gasteiger charge is 2.21. The molecule has 0 saturated heterocycles. The van der Waals surface area contributed by atoms with Crippen LogP contribution in [-0.4, -0.2) is 27.1 Å². The molecule has 0 bridgehead atoms. The maximum absolute atomic E-state index is 4.98. The highest BCUT2D eigenvalue weighted by molar-refractivity contribution is 7.80. The van der Waals surface area contributed by atoms with Gasteiger partial charge in [-0.1, -0.05) is 6.92 Å². The van der Waals surface area contributed by atoms with Crippen molar-refractivity contribution in [3.63, 3.8) is 0 Å². The Morgan fingerprint density at radius 2 is 1.89 bits per heavy atom. The van der Waals surface area contributed by atoms with Crippen molar-refractivity contribution in [3.8, 4) is 0 Å². The van der Waals surface area contributed by atoms with Gasteiger partial charge in [0.25, 0.3) is 0 Å². The van der Waals surface area contributed by atoms with Crippen LogP contribution in [0, 0.1) is 0 Å². The predicted molar refractivity (Wildman–Crippen MR) is 43.0 cm³/mol. The van der Waals surface area contributed by atoms with Crippen molar-refractivity contribution in [2.24, 2.45) is 0 Å². The second kappa shape index (κ2) is 5.15. The van der Waals surface area contributed by atoms with E-state index in [-0.39, 0.29) is 7.12 Å². The van der Waals surface area contributed by atoms with Crippen LogP contribution in [0.25, 0.3) is 0 Å². The normalized spacial score (nSPS) is 13.3. The van der Waals surface area contributed by atoms with Crippen LogP contribution in [-0.2, 0) is 9.31 Å². The number of rotatable bonds is 4. The van der Waals surface area contributed by atoms with E-state index < -0.39 is 0 Å². The SMILES string of the molecule is COB(OC)C(C)CS. The Morgan fingerprint density at radius 1 is 1.44 bits per heavy atom. The Kier molecular flexibility index (Phi) is 5.34. The van der Waals surface area contributed by atoms with Crippen molar-refractivity contribution >= 4 is 19.7 Å². The van der Waals surface area contributed by atoms with E-state index in [1.165, 1.54) is 0 Å². The first kappa shape index (κ1) is 9.33. The Balaban J connectivity index is 3.50. The summed E-state index contributed by atoms with van der Waals surface area (Å²) in [5.41, 5.74) is 0. The molecular weight excluding hydrogens is 135 g/mol. The van der Waals surface area contributed by atoms with Gasteiger partial charge in [-0.3, -0.25) is 0 Å². The molecule has 0 aliphatic heterocycles. The molecule has 0 aromatic carbocycles. The summed E-state index contributed by atoms with van der Waals surface area (Å²) in [5.74, 6) is 1.13. The van der Waals surface area contributed by atoms with Crippen LogP contribution in [0.1, 0.15) is 6.92 Å². The molecule has 0 spiro atoms. The van der Waals surface area contributed by atoms with Crippen LogP contribution < -0.4 is 0 Å². The lowest BCUT2D eigenvalue weighted by Gasteiger charge is -2.13. The average molecular weight is 148 g/mol. The summed E-state index contributed by atoms with van der Waals surface area (Å²) in [7, 11) is 3.16. The van der Waals surface area contributed by atoms with Crippen LogP contribution in [0.2, 0.25) is 5.82 Å². The molecule has 0 aromatic heterocycles. The van der Waals surface area contributed by atoms with Crippen LogP contribution in [0.3, 0.4) is 0 Å². The van der Waals surface area contributed by atoms with Gasteiger partial charge in [0.1, 0.15) is 0 Å². The van der Waals surface area contributed by atoms with Gasteiger partial charge in [0.2, 0.25) is 0 Å². The van der Waals surface area contributed by atoms with Gasteiger partial charge in [-0.25, -0.2) is 0 Å². The molecule has 0 saturated carbocycles. The molecule has 0 fully saturated rings. The third-order valence-corrected chi connectivity index (χ3v) is 1.79. The molecule has 54 valence electrons. The highest BCUT2D eigenvalue weighted by Crippen LogP contribution is 2.10. The molecule has 1 unspecified atom stereocenters. The zero-order chi connectivity index (χ0) is 7.28. The first-order valence-electron chi connectivity index (χ1n) is 2.92. The Hall–Kier alpha value is 0.335. The fourth-order valence-corrected chi connectivity index (χ4v) is 0.819. The summed E-state index contributed by atoms with van der Waals surface area (Å²) in [6, 6.07) is 0. The first-order chi connectivity index (χ1) is 4.26. The monoisotopic (exact) mass is 148 g/mol. The molecule has 0 rings (SSSR count). The first-order valence-corrected chi connectivity index (χ1v) is 3.56. The largest absolute Gasteiger partial charge is 0.460 e. The smallest absolute Gasteiger partial charge is 0.414 e. The van der Waals surface area contributed by atoms with E-state index in [2.05, 4.69) is 12.6 Å². The molecule has 4 heteroatoms. The topological polar surface area (TPSA) is 18.5 Å². The van der Waals surface area contributed by atoms with Crippen molar-refractivity contribution < 1.29 is 9.31 Å². The molecular formula is C5H13BO2S. The lowest BCUT2D eigenvalue weighted by Crippen LogP contribution is -2.25. The Morgan fingerprint density at radius 3 is 2.00 bits per heavy atom. The maximum Gasteiger partial charge on any atom is 0.460 e. The summed E-state index contributed by atoms with van der Waals surface area (Å²) >= 11 is 4.10. The van der Waals surface area contributed by atoms with Gasteiger partial charge in [0.15, 0.2) is 0 Å². The van der Waals surface area contributed by atoms with Gasteiger partial charge >= 0.3 is 7.12 Å². The molecule has 0 N–H and O–H groups in total. The standard InChI is InChI=1S/C5H13BO2S/c1-5(4-9)6(7-2)8-3/h5,9H,4H2,1-3H3. The van der Waals surface area contributed by atoms with E-state index in [9.17, 15) is 0 Å². The minimum absolute atomic E-state index is 0.109. The summed E-state index contributed by atoms with van der Waals surface area (Å²) in [6.45, 7) is 2.03. The number of hydrogen-bond donors (Lipinski definition) is 1. The second-order valence-electron chi connectivity index (χ2n) is 2.00. The van der Waals surface area contributed by atoms with E-state index in [4.69, 9.17) is 9.31 Å². The molecule has 0 aliphatic carbocycles. The minimum Gasteiger partial charge on any atom is -0.414 e. The van der Waals surface area contributed by atoms with Gasteiger partial charge in [-0.2, -0.15) is 12.6 Å². The van der Waals surface area contributed by atoms with Crippen molar-refractivity contribution in [1.82, 2.24) is 0 Å². The summed E-state index contributed by atoms with van der Waals surface area (Å²) < 4.78 is 9.96. The second-order valence-corrected chi connectivity index (χ2v) is 2.36. The molecule has 0 radical (unpaired) electrons. The molecule has 0 amide bonds. The third-order valence-electron chi connectivity index (χ3n) is 1.22. The van der Waals surface area contributed by atoms with Crippen molar-refractivity contribution in [2.45, 2.75) is 12.7 Å². The zero-order valence-electron chi connectivity index (χ0n) is 6.13. The van der Waals surface area contributed by atoms with Gasteiger partial charge in [0, 0.05) is 14.2 Å². The predicted octanol–water partition coefficient (Wildman–Crippen LogP) is 1.09. The fourth-order valence-electron chi connectivity index (χ4n) is 0.647. The zero-order valence-corrected chi connectivity index (χ0v) is 7.02. The van der Waals surface area contributed by atoms with Crippen LogP contribution >= 0.6 is 12.6 Å². The van der Waals surface area contributed by atoms with Crippen molar-refractivity contribution in [1.29, 1.82) is 0 Å². The third kappa shape index (κ3) is 3.13. The van der Waals surface area contributed by atoms with Gasteiger partial charge < -0.3 is 9.31 Å². The van der Waals surface area contributed by atoms with E-state index in [1.54, 1.807) is 14.2 Å². The Labute approximate surface area is 62.5 Å². The Bertz CT molecular complexity index is 68.0. The molecule has 0 heterocycles. The summed E-state index contributed by atoms with van der Waals surface area (Å²) in [6.07, 6.45) is 0. The van der Waals surface area contributed by atoms with Crippen LogP contribution in [0.15, 0.2) is 0 Å². The molecule has 9 heavy (non-hydrogen) atoms. The van der Waals surface area contributed by atoms with Gasteiger partial charge in [0.05, 0.1) is 0 Å². The highest BCUT2D eigenvalue weighted by atomic mass is 32.1. The fraction of sp³-hybridized carbons (Fsp3) is 1.00. The van der Waals surface area contributed by atoms with E-state index in [0.717, 1.165) is 5.75 Å². The van der Waals surface area contributed by atoms with Crippen molar-refractivity contribution in [2.75, 3.05) is 20.0 Å². The molecule has 0 aliphatic rings. The average Bonchev–Trinajstić information content (AvgIpc) is 1.90. The summed E-state index contributed by atoms with van der Waals surface area (Å²) in [5, 5.41) is 0.